The molecule has 0 saturated carbocycles. The Morgan fingerprint density at radius 1 is 1.04 bits per heavy atom. The molecule has 2 aromatic carbocycles. The zero-order valence-electron chi connectivity index (χ0n) is 15.2. The Kier molecular flexibility index (Phi) is 3.74. The number of carbonyl (C=O) groups excluding carboxylic acids is 1. The Morgan fingerprint density at radius 2 is 1.89 bits per heavy atom. The largest absolute Gasteiger partial charge is 0.454 e. The van der Waals surface area contributed by atoms with Crippen molar-refractivity contribution in [3.8, 4) is 11.5 Å². The fourth-order valence-electron chi connectivity index (χ4n) is 3.96. The molecular formula is C22H20N2O3. The summed E-state index contributed by atoms with van der Waals surface area (Å²) in [6.45, 7) is 2.26. The number of aryl methyl sites for hydroxylation is 2. The van der Waals surface area contributed by atoms with Crippen molar-refractivity contribution in [2.24, 2.45) is 0 Å². The fraction of sp³-hybridized carbons (Fsp3) is 0.273. The lowest BCUT2D eigenvalue weighted by Gasteiger charge is -2.20. The second kappa shape index (κ2) is 6.27. The van der Waals surface area contributed by atoms with E-state index in [0.29, 0.717) is 17.2 Å². The van der Waals surface area contributed by atoms with Crippen LogP contribution in [0.3, 0.4) is 0 Å². The molecule has 136 valence electrons. The van der Waals surface area contributed by atoms with Crippen molar-refractivity contribution in [2.45, 2.75) is 32.6 Å². The van der Waals surface area contributed by atoms with Crippen molar-refractivity contribution in [3.05, 3.63) is 58.8 Å². The van der Waals surface area contributed by atoms with Gasteiger partial charge in [0.25, 0.3) is 5.91 Å². The van der Waals surface area contributed by atoms with E-state index in [1.54, 1.807) is 6.07 Å². The summed E-state index contributed by atoms with van der Waals surface area (Å²) in [5.41, 5.74) is 5.63. The van der Waals surface area contributed by atoms with E-state index < -0.39 is 0 Å². The number of aromatic nitrogens is 1. The maximum atomic E-state index is 13.3. The van der Waals surface area contributed by atoms with Crippen molar-refractivity contribution in [1.29, 1.82) is 0 Å². The predicted molar refractivity (Wildman–Crippen MR) is 104 cm³/mol. The summed E-state index contributed by atoms with van der Waals surface area (Å²) >= 11 is 0. The minimum atomic E-state index is -0.0926. The summed E-state index contributed by atoms with van der Waals surface area (Å²) in [4.78, 5) is 18.1. The molecule has 1 aromatic heterocycles. The van der Waals surface area contributed by atoms with Gasteiger partial charge in [-0.1, -0.05) is 11.6 Å². The molecule has 1 amide bonds. The highest BCUT2D eigenvalue weighted by Crippen LogP contribution is 2.35. The topological polar surface area (TPSA) is 60.5 Å². The first-order chi connectivity index (χ1) is 13.2. The van der Waals surface area contributed by atoms with Crippen LogP contribution in [0.4, 0.5) is 5.69 Å². The molecule has 27 heavy (non-hydrogen) atoms. The molecule has 1 aliphatic heterocycles. The third-order valence-electron chi connectivity index (χ3n) is 5.27. The van der Waals surface area contributed by atoms with Crippen LogP contribution in [0, 0.1) is 6.92 Å². The van der Waals surface area contributed by atoms with Crippen LogP contribution < -0.4 is 14.8 Å². The van der Waals surface area contributed by atoms with Crippen LogP contribution in [-0.4, -0.2) is 17.7 Å². The van der Waals surface area contributed by atoms with Crippen LogP contribution in [-0.2, 0) is 12.8 Å². The summed E-state index contributed by atoms with van der Waals surface area (Å²) in [5.74, 6) is 1.27. The monoisotopic (exact) mass is 360 g/mol. The fourth-order valence-corrected chi connectivity index (χ4v) is 3.96. The predicted octanol–water partition coefficient (Wildman–Crippen LogP) is 4.40. The Labute approximate surface area is 157 Å². The van der Waals surface area contributed by atoms with Gasteiger partial charge >= 0.3 is 0 Å². The van der Waals surface area contributed by atoms with E-state index in [9.17, 15) is 4.79 Å². The summed E-state index contributed by atoms with van der Waals surface area (Å²) in [6, 6.07) is 11.6. The van der Waals surface area contributed by atoms with E-state index in [0.717, 1.165) is 59.0 Å². The van der Waals surface area contributed by atoms with Crippen LogP contribution >= 0.6 is 0 Å². The number of ether oxygens (including phenoxy) is 2. The van der Waals surface area contributed by atoms with E-state index in [2.05, 4.69) is 11.4 Å². The molecule has 0 saturated heterocycles. The van der Waals surface area contributed by atoms with Gasteiger partial charge in [0.2, 0.25) is 6.79 Å². The van der Waals surface area contributed by atoms with Gasteiger partial charge in [0, 0.05) is 22.8 Å². The third kappa shape index (κ3) is 2.79. The van der Waals surface area contributed by atoms with E-state index in [1.807, 2.05) is 31.2 Å². The number of hydrogen-bond acceptors (Lipinski definition) is 4. The Bertz CT molecular complexity index is 1070. The number of benzene rings is 2. The number of rotatable bonds is 2. The van der Waals surface area contributed by atoms with E-state index in [-0.39, 0.29) is 12.7 Å². The van der Waals surface area contributed by atoms with Gasteiger partial charge < -0.3 is 14.8 Å². The molecule has 0 radical (unpaired) electrons. The Balaban J connectivity index is 1.60. The first-order valence-electron chi connectivity index (χ1n) is 9.32. The van der Waals surface area contributed by atoms with Gasteiger partial charge in [-0.3, -0.25) is 9.78 Å². The van der Waals surface area contributed by atoms with Crippen LogP contribution in [0.2, 0.25) is 0 Å². The van der Waals surface area contributed by atoms with Crippen LogP contribution in [0.15, 0.2) is 36.4 Å². The molecule has 0 bridgehead atoms. The lowest BCUT2D eigenvalue weighted by molar-refractivity contribution is 0.102. The molecule has 2 aliphatic rings. The van der Waals surface area contributed by atoms with Gasteiger partial charge in [0.05, 0.1) is 11.1 Å². The molecule has 0 spiro atoms. The molecule has 0 fully saturated rings. The molecule has 1 N–H and O–H groups in total. The first-order valence-corrected chi connectivity index (χ1v) is 9.32. The molecule has 5 heteroatoms. The van der Waals surface area contributed by atoms with Crippen LogP contribution in [0.5, 0.6) is 11.5 Å². The second-order valence-corrected chi connectivity index (χ2v) is 7.16. The average molecular weight is 360 g/mol. The minimum Gasteiger partial charge on any atom is -0.454 e. The maximum absolute atomic E-state index is 13.3. The zero-order valence-corrected chi connectivity index (χ0v) is 15.2. The average Bonchev–Trinajstić information content (AvgIpc) is 3.14. The van der Waals surface area contributed by atoms with Gasteiger partial charge in [-0.15, -0.1) is 0 Å². The number of anilines is 1. The number of hydrogen-bond donors (Lipinski definition) is 1. The van der Waals surface area contributed by atoms with Crippen LogP contribution in [0.25, 0.3) is 10.9 Å². The molecule has 5 nitrogen and oxygen atoms in total. The van der Waals surface area contributed by atoms with E-state index in [1.165, 1.54) is 0 Å². The first kappa shape index (κ1) is 16.1. The standard InChI is InChI=1S/C22H20N2O3/c1-13-6-8-18-16(10-13)21(15-4-2-3-5-17(15)24-18)22(25)23-14-7-9-19-20(11-14)27-12-26-19/h6-11H,2-5,12H2,1H3,(H,23,25). The Morgan fingerprint density at radius 3 is 2.81 bits per heavy atom. The van der Waals surface area contributed by atoms with Gasteiger partial charge in [-0.25, -0.2) is 0 Å². The zero-order chi connectivity index (χ0) is 18.4. The highest BCUT2D eigenvalue weighted by molar-refractivity contribution is 6.13. The van der Waals surface area contributed by atoms with E-state index in [4.69, 9.17) is 14.5 Å². The molecule has 1 aliphatic carbocycles. The van der Waals surface area contributed by atoms with Gasteiger partial charge in [0.15, 0.2) is 11.5 Å². The van der Waals surface area contributed by atoms with Crippen molar-refractivity contribution >= 4 is 22.5 Å². The summed E-state index contributed by atoms with van der Waals surface area (Å²) in [5, 5.41) is 3.97. The summed E-state index contributed by atoms with van der Waals surface area (Å²) in [6.07, 6.45) is 4.05. The normalized spacial score (nSPS) is 14.9. The highest BCUT2D eigenvalue weighted by Gasteiger charge is 2.23. The molecule has 0 unspecified atom stereocenters. The summed E-state index contributed by atoms with van der Waals surface area (Å²) in [7, 11) is 0. The molecule has 5 rings (SSSR count). The second-order valence-electron chi connectivity index (χ2n) is 7.16. The van der Waals surface area contributed by atoms with Crippen molar-refractivity contribution in [3.63, 3.8) is 0 Å². The number of nitrogens with one attached hydrogen (secondary N) is 1. The molecule has 3 aromatic rings. The minimum absolute atomic E-state index is 0.0926. The maximum Gasteiger partial charge on any atom is 0.256 e. The van der Waals surface area contributed by atoms with Crippen molar-refractivity contribution in [2.75, 3.05) is 12.1 Å². The highest BCUT2D eigenvalue weighted by atomic mass is 16.7. The molecule has 2 heterocycles. The van der Waals surface area contributed by atoms with Crippen molar-refractivity contribution in [1.82, 2.24) is 4.98 Å². The lowest BCUT2D eigenvalue weighted by Crippen LogP contribution is -2.19. The van der Waals surface area contributed by atoms with E-state index >= 15 is 0 Å². The number of fused-ring (bicyclic) bond motifs is 3. The number of nitrogens with zero attached hydrogens (tertiary/aromatic N) is 1. The smallest absolute Gasteiger partial charge is 0.256 e. The quantitative estimate of drug-likeness (QED) is 0.736. The van der Waals surface area contributed by atoms with Crippen LogP contribution in [0.1, 0.15) is 40.0 Å². The number of amides is 1. The SMILES string of the molecule is Cc1ccc2nc3c(c(C(=O)Nc4ccc5c(c4)OCO5)c2c1)CCCC3. The number of carbonyl (C=O) groups is 1. The molecule has 0 atom stereocenters. The third-order valence-corrected chi connectivity index (χ3v) is 5.27. The van der Waals surface area contributed by atoms with Crippen molar-refractivity contribution < 1.29 is 14.3 Å². The van der Waals surface area contributed by atoms with Gasteiger partial charge in [-0.2, -0.15) is 0 Å². The van der Waals surface area contributed by atoms with Gasteiger partial charge in [-0.05, 0) is 62.4 Å². The number of pyridine rings is 1. The molecular weight excluding hydrogens is 340 g/mol. The summed E-state index contributed by atoms with van der Waals surface area (Å²) < 4.78 is 10.8. The lowest BCUT2D eigenvalue weighted by atomic mass is 9.89. The van der Waals surface area contributed by atoms with Gasteiger partial charge in [0.1, 0.15) is 0 Å². The Hall–Kier alpha value is -3.08.